The van der Waals surface area contributed by atoms with Gasteiger partial charge in [-0.3, -0.25) is 0 Å². The number of alkyl halides is 1. The van der Waals surface area contributed by atoms with Crippen LogP contribution in [0.25, 0.3) is 0 Å². The molecule has 1 heterocycles. The smallest absolute Gasteiger partial charge is 0.310 e. The number of H-pyrrole nitrogens is 1. The van der Waals surface area contributed by atoms with Crippen LogP contribution in [0.3, 0.4) is 0 Å². The van der Waals surface area contributed by atoms with Crippen molar-refractivity contribution in [3.63, 3.8) is 0 Å². The van der Waals surface area contributed by atoms with Crippen molar-refractivity contribution in [1.82, 2.24) is 9.97 Å². The summed E-state index contributed by atoms with van der Waals surface area (Å²) in [5.41, 5.74) is 1.71. The number of hydrogen-bond acceptors (Lipinski definition) is 2. The highest BCUT2D eigenvalue weighted by molar-refractivity contribution is 9.09. The number of aryl methyl sites for hydroxylation is 2. The maximum atomic E-state index is 10.7. The van der Waals surface area contributed by atoms with Gasteiger partial charge in [-0.15, -0.1) is 0 Å². The number of aromatic nitrogens is 2. The third-order valence-electron chi connectivity index (χ3n) is 1.48. The predicted molar refractivity (Wildman–Crippen MR) is 47.1 cm³/mol. The van der Waals surface area contributed by atoms with Gasteiger partial charge in [0.25, 0.3) is 0 Å². The first-order chi connectivity index (χ1) is 5.24. The van der Waals surface area contributed by atoms with E-state index < -0.39 is 0 Å². The summed E-state index contributed by atoms with van der Waals surface area (Å²) < 4.78 is 0. The maximum Gasteiger partial charge on any atom is 0.345 e. The number of aromatic amines is 1. The average molecular weight is 217 g/mol. The van der Waals surface area contributed by atoms with E-state index in [9.17, 15) is 4.79 Å². The first-order valence-corrected chi connectivity index (χ1v) is 4.47. The summed E-state index contributed by atoms with van der Waals surface area (Å²) in [5.74, 6) is 0. The molecule has 0 amide bonds. The van der Waals surface area contributed by atoms with Gasteiger partial charge in [0, 0.05) is 17.2 Å². The minimum Gasteiger partial charge on any atom is -0.310 e. The van der Waals surface area contributed by atoms with Crippen molar-refractivity contribution in [3.05, 3.63) is 27.9 Å². The van der Waals surface area contributed by atoms with Gasteiger partial charge in [-0.05, 0) is 18.9 Å². The van der Waals surface area contributed by atoms with Crippen molar-refractivity contribution in [2.24, 2.45) is 0 Å². The fourth-order valence-corrected chi connectivity index (χ4v) is 1.29. The average Bonchev–Trinajstić information content (AvgIpc) is 1.95. The predicted octanol–water partition coefficient (Wildman–Crippen LogP) is 1.02. The molecule has 1 rings (SSSR count). The van der Waals surface area contributed by atoms with Gasteiger partial charge in [0.05, 0.1) is 0 Å². The molecule has 11 heavy (non-hydrogen) atoms. The first-order valence-electron chi connectivity index (χ1n) is 3.35. The van der Waals surface area contributed by atoms with Crippen molar-refractivity contribution in [1.29, 1.82) is 0 Å². The van der Waals surface area contributed by atoms with Crippen LogP contribution in [0.1, 0.15) is 11.3 Å². The zero-order valence-electron chi connectivity index (χ0n) is 6.22. The lowest BCUT2D eigenvalue weighted by atomic mass is 10.2. The molecule has 3 nitrogen and oxygen atoms in total. The molecule has 0 bridgehead atoms. The largest absolute Gasteiger partial charge is 0.345 e. The molecule has 1 N–H and O–H groups in total. The molecule has 0 unspecified atom stereocenters. The number of halogens is 1. The van der Waals surface area contributed by atoms with Gasteiger partial charge in [0.2, 0.25) is 0 Å². The third-order valence-corrected chi connectivity index (χ3v) is 1.87. The summed E-state index contributed by atoms with van der Waals surface area (Å²) in [5, 5.41) is 0.890. The Morgan fingerprint density at radius 3 is 3.00 bits per heavy atom. The lowest BCUT2D eigenvalue weighted by Crippen LogP contribution is -2.12. The Labute approximate surface area is 73.0 Å². The number of hydrogen-bond donors (Lipinski definition) is 1. The molecule has 1 aromatic rings. The monoisotopic (exact) mass is 216 g/mol. The molecule has 0 aromatic carbocycles. The minimum absolute atomic E-state index is 0.277. The van der Waals surface area contributed by atoms with Crippen LogP contribution in [0, 0.1) is 6.92 Å². The van der Waals surface area contributed by atoms with Crippen molar-refractivity contribution in [2.75, 3.05) is 5.33 Å². The van der Waals surface area contributed by atoms with E-state index in [0.29, 0.717) is 0 Å². The fraction of sp³-hybridized carbons (Fsp3) is 0.429. The fourth-order valence-electron chi connectivity index (χ4n) is 0.860. The Morgan fingerprint density at radius 1 is 1.73 bits per heavy atom. The second-order valence-electron chi connectivity index (χ2n) is 2.28. The van der Waals surface area contributed by atoms with E-state index in [4.69, 9.17) is 0 Å². The first kappa shape index (κ1) is 8.46. The highest BCUT2D eigenvalue weighted by Crippen LogP contribution is 2.02. The van der Waals surface area contributed by atoms with Crippen LogP contribution in [0.4, 0.5) is 0 Å². The van der Waals surface area contributed by atoms with Gasteiger partial charge in [0.15, 0.2) is 0 Å². The van der Waals surface area contributed by atoms with E-state index in [1.165, 1.54) is 0 Å². The zero-order valence-corrected chi connectivity index (χ0v) is 7.81. The van der Waals surface area contributed by atoms with Crippen LogP contribution in [-0.4, -0.2) is 15.3 Å². The number of nitrogens with zero attached hydrogens (tertiary/aromatic N) is 1. The standard InChI is InChI=1S/C7H9BrN2O/c1-5-6(2-3-8)4-9-7(11)10-5/h4H,2-3H2,1H3,(H,9,10,11). The van der Waals surface area contributed by atoms with E-state index in [1.807, 2.05) is 6.92 Å². The molecule has 0 aliphatic rings. The van der Waals surface area contributed by atoms with Crippen molar-refractivity contribution in [3.8, 4) is 0 Å². The molecule has 0 aliphatic carbocycles. The highest BCUT2D eigenvalue weighted by Gasteiger charge is 1.97. The third kappa shape index (κ3) is 2.15. The summed E-state index contributed by atoms with van der Waals surface area (Å²) >= 11 is 3.32. The molecular weight excluding hydrogens is 208 g/mol. The normalized spacial score (nSPS) is 10.0. The molecule has 1 aromatic heterocycles. The van der Waals surface area contributed by atoms with E-state index in [2.05, 4.69) is 25.9 Å². The summed E-state index contributed by atoms with van der Waals surface area (Å²) in [4.78, 5) is 16.9. The van der Waals surface area contributed by atoms with Crippen molar-refractivity contribution in [2.45, 2.75) is 13.3 Å². The molecule has 0 aliphatic heterocycles. The van der Waals surface area contributed by atoms with Crippen LogP contribution in [0.2, 0.25) is 0 Å². The molecule has 0 saturated heterocycles. The number of nitrogens with one attached hydrogen (secondary N) is 1. The Balaban J connectivity index is 2.99. The van der Waals surface area contributed by atoms with Crippen LogP contribution in [0.15, 0.2) is 11.0 Å². The van der Waals surface area contributed by atoms with E-state index in [-0.39, 0.29) is 5.69 Å². The maximum absolute atomic E-state index is 10.7. The van der Waals surface area contributed by atoms with E-state index in [0.717, 1.165) is 23.0 Å². The SMILES string of the molecule is Cc1[nH]c(=O)ncc1CCBr. The Bertz CT molecular complexity index is 295. The van der Waals surface area contributed by atoms with Crippen LogP contribution in [-0.2, 0) is 6.42 Å². The van der Waals surface area contributed by atoms with Crippen molar-refractivity contribution >= 4 is 15.9 Å². The van der Waals surface area contributed by atoms with E-state index >= 15 is 0 Å². The quantitative estimate of drug-likeness (QED) is 0.751. The summed E-state index contributed by atoms with van der Waals surface area (Å²) in [6.07, 6.45) is 2.52. The summed E-state index contributed by atoms with van der Waals surface area (Å²) in [7, 11) is 0. The van der Waals surface area contributed by atoms with Gasteiger partial charge < -0.3 is 4.98 Å². The van der Waals surface area contributed by atoms with Crippen LogP contribution < -0.4 is 5.69 Å². The number of rotatable bonds is 2. The van der Waals surface area contributed by atoms with Crippen molar-refractivity contribution < 1.29 is 0 Å². The minimum atomic E-state index is -0.277. The molecule has 4 heteroatoms. The molecule has 0 spiro atoms. The van der Waals surface area contributed by atoms with E-state index in [1.54, 1.807) is 6.20 Å². The van der Waals surface area contributed by atoms with Gasteiger partial charge in [0.1, 0.15) is 0 Å². The molecule has 0 radical (unpaired) electrons. The Morgan fingerprint density at radius 2 is 2.45 bits per heavy atom. The van der Waals surface area contributed by atoms with Crippen LogP contribution in [0.5, 0.6) is 0 Å². The molecule has 60 valence electrons. The lowest BCUT2D eigenvalue weighted by Gasteiger charge is -1.99. The molecule has 0 fully saturated rings. The Hall–Kier alpha value is -0.640. The lowest BCUT2D eigenvalue weighted by molar-refractivity contribution is 0.960. The van der Waals surface area contributed by atoms with Gasteiger partial charge in [-0.25, -0.2) is 9.78 Å². The van der Waals surface area contributed by atoms with Crippen LogP contribution >= 0.6 is 15.9 Å². The van der Waals surface area contributed by atoms with Gasteiger partial charge >= 0.3 is 5.69 Å². The second kappa shape index (κ2) is 3.67. The van der Waals surface area contributed by atoms with Gasteiger partial charge in [-0.1, -0.05) is 15.9 Å². The highest BCUT2D eigenvalue weighted by atomic mass is 79.9. The molecule has 0 saturated carbocycles. The summed E-state index contributed by atoms with van der Waals surface area (Å²) in [6, 6.07) is 0. The zero-order chi connectivity index (χ0) is 8.27. The second-order valence-corrected chi connectivity index (χ2v) is 3.07. The summed E-state index contributed by atoms with van der Waals surface area (Å²) in [6.45, 7) is 1.88. The molecule has 0 atom stereocenters. The Kier molecular flexibility index (Phi) is 2.82. The van der Waals surface area contributed by atoms with Gasteiger partial charge in [-0.2, -0.15) is 0 Å². The molecular formula is C7H9BrN2O. The topological polar surface area (TPSA) is 45.8 Å².